The third-order valence-electron chi connectivity index (χ3n) is 4.19. The molecule has 0 spiro atoms. The highest BCUT2D eigenvalue weighted by Crippen LogP contribution is 2.35. The maximum absolute atomic E-state index is 5.24. The first kappa shape index (κ1) is 14.3. The zero-order valence-corrected chi connectivity index (χ0v) is 14.0. The summed E-state index contributed by atoms with van der Waals surface area (Å²) in [7, 11) is 3.72. The first-order valence-corrected chi connectivity index (χ1v) is 8.52. The average Bonchev–Trinajstić information content (AvgIpc) is 3.00. The quantitative estimate of drug-likeness (QED) is 0.731. The Bertz CT molecular complexity index is 826. The fraction of sp³-hybridized carbons (Fsp3) is 0.294. The highest BCUT2D eigenvalue weighted by atomic mass is 32.1. The second-order valence-electron chi connectivity index (χ2n) is 5.58. The van der Waals surface area contributed by atoms with Gasteiger partial charge in [0.05, 0.1) is 17.3 Å². The van der Waals surface area contributed by atoms with Crippen LogP contribution in [0.15, 0.2) is 35.7 Å². The fourth-order valence-electron chi connectivity index (χ4n) is 2.65. The molecule has 0 N–H and O–H groups in total. The van der Waals surface area contributed by atoms with Crippen molar-refractivity contribution >= 4 is 39.0 Å². The number of thiophene rings is 1. The van der Waals surface area contributed by atoms with Crippen molar-refractivity contribution in [2.45, 2.75) is 6.42 Å². The van der Waals surface area contributed by atoms with E-state index >= 15 is 0 Å². The number of rotatable bonds is 4. The molecule has 1 aliphatic rings. The zero-order chi connectivity index (χ0) is 15.8. The first-order valence-electron chi connectivity index (χ1n) is 7.64. The Hall–Kier alpha value is -2.34. The van der Waals surface area contributed by atoms with Crippen molar-refractivity contribution in [3.63, 3.8) is 0 Å². The van der Waals surface area contributed by atoms with Crippen LogP contribution in [0, 0.1) is 0 Å². The molecule has 0 bridgehead atoms. The zero-order valence-electron chi connectivity index (χ0n) is 13.2. The largest absolute Gasteiger partial charge is 0.497 e. The van der Waals surface area contributed by atoms with E-state index in [4.69, 9.17) is 14.7 Å². The number of nitrogens with zero attached hydrogens (tertiary/aromatic N) is 4. The normalized spacial score (nSPS) is 13.9. The van der Waals surface area contributed by atoms with Gasteiger partial charge in [0.1, 0.15) is 5.75 Å². The van der Waals surface area contributed by atoms with Gasteiger partial charge in [0, 0.05) is 25.8 Å². The molecule has 0 amide bonds. The van der Waals surface area contributed by atoms with E-state index in [0.29, 0.717) is 0 Å². The number of ether oxygens (including phenoxy) is 1. The van der Waals surface area contributed by atoms with E-state index in [-0.39, 0.29) is 0 Å². The minimum Gasteiger partial charge on any atom is -0.497 e. The van der Waals surface area contributed by atoms with Crippen molar-refractivity contribution in [3.8, 4) is 5.75 Å². The molecule has 1 aromatic carbocycles. The molecule has 0 saturated carbocycles. The molecule has 5 nitrogen and oxygen atoms in total. The monoisotopic (exact) mass is 326 g/mol. The highest BCUT2D eigenvalue weighted by molar-refractivity contribution is 7.17. The summed E-state index contributed by atoms with van der Waals surface area (Å²) in [6.45, 7) is 2.09. The molecule has 118 valence electrons. The number of hydrogen-bond donors (Lipinski definition) is 0. The summed E-state index contributed by atoms with van der Waals surface area (Å²) in [6, 6.07) is 10.1. The number of aromatic nitrogens is 2. The topological polar surface area (TPSA) is 41.5 Å². The van der Waals surface area contributed by atoms with Crippen molar-refractivity contribution in [2.24, 2.45) is 0 Å². The van der Waals surface area contributed by atoms with Gasteiger partial charge in [-0.05, 0) is 42.1 Å². The Kier molecular flexibility index (Phi) is 3.53. The third-order valence-corrected chi connectivity index (χ3v) is 5.09. The van der Waals surface area contributed by atoms with Crippen LogP contribution in [0.4, 0.5) is 17.5 Å². The SMILES string of the molecule is COc1ccc(N(C)c2nc(N3CCC3)nc3ccsc23)cc1. The number of hydrogen-bond acceptors (Lipinski definition) is 6. The molecule has 23 heavy (non-hydrogen) atoms. The van der Waals surface area contributed by atoms with Gasteiger partial charge in [-0.3, -0.25) is 0 Å². The van der Waals surface area contributed by atoms with E-state index in [1.807, 2.05) is 31.3 Å². The Balaban J connectivity index is 1.77. The molecule has 6 heteroatoms. The lowest BCUT2D eigenvalue weighted by molar-refractivity contribution is 0.415. The molecule has 4 rings (SSSR count). The number of methoxy groups -OCH3 is 1. The summed E-state index contributed by atoms with van der Waals surface area (Å²) in [6.07, 6.45) is 1.22. The van der Waals surface area contributed by atoms with E-state index in [1.165, 1.54) is 6.42 Å². The molecule has 1 aliphatic heterocycles. The first-order chi connectivity index (χ1) is 11.3. The second kappa shape index (κ2) is 5.70. The van der Waals surface area contributed by atoms with Crippen molar-refractivity contribution in [2.75, 3.05) is 37.0 Å². The predicted octanol–water partition coefficient (Wildman–Crippen LogP) is 3.68. The lowest BCUT2D eigenvalue weighted by Crippen LogP contribution is -2.38. The lowest BCUT2D eigenvalue weighted by atomic mass is 10.2. The van der Waals surface area contributed by atoms with Crippen molar-refractivity contribution in [1.82, 2.24) is 9.97 Å². The molecule has 3 aromatic rings. The van der Waals surface area contributed by atoms with Gasteiger partial charge in [-0.25, -0.2) is 4.98 Å². The van der Waals surface area contributed by atoms with E-state index in [0.717, 1.165) is 46.5 Å². The molecule has 1 saturated heterocycles. The minimum atomic E-state index is 0.831. The Labute approximate surface area is 139 Å². The molecular formula is C17H18N4OS. The third kappa shape index (κ3) is 2.49. The van der Waals surface area contributed by atoms with Crippen LogP contribution in [0.3, 0.4) is 0 Å². The van der Waals surface area contributed by atoms with Crippen LogP contribution >= 0.6 is 11.3 Å². The summed E-state index contributed by atoms with van der Waals surface area (Å²) in [5.74, 6) is 2.64. The maximum Gasteiger partial charge on any atom is 0.227 e. The van der Waals surface area contributed by atoms with Gasteiger partial charge >= 0.3 is 0 Å². The van der Waals surface area contributed by atoms with Gasteiger partial charge in [0.25, 0.3) is 0 Å². The van der Waals surface area contributed by atoms with Crippen LogP contribution < -0.4 is 14.5 Å². The van der Waals surface area contributed by atoms with Crippen molar-refractivity contribution < 1.29 is 4.74 Å². The fourth-order valence-corrected chi connectivity index (χ4v) is 3.50. The molecule has 0 unspecified atom stereocenters. The number of anilines is 3. The summed E-state index contributed by atoms with van der Waals surface area (Å²) in [5, 5.41) is 2.07. The van der Waals surface area contributed by atoms with Crippen molar-refractivity contribution in [1.29, 1.82) is 0 Å². The molecular weight excluding hydrogens is 308 g/mol. The van der Waals surface area contributed by atoms with Gasteiger partial charge in [-0.1, -0.05) is 0 Å². The van der Waals surface area contributed by atoms with Crippen molar-refractivity contribution in [3.05, 3.63) is 35.7 Å². The van der Waals surface area contributed by atoms with Crippen LogP contribution in [0.5, 0.6) is 5.75 Å². The Morgan fingerprint density at radius 1 is 1.13 bits per heavy atom. The molecule has 3 heterocycles. The van der Waals surface area contributed by atoms with Gasteiger partial charge in [-0.2, -0.15) is 4.98 Å². The van der Waals surface area contributed by atoms with E-state index in [2.05, 4.69) is 21.2 Å². The molecule has 0 atom stereocenters. The predicted molar refractivity (Wildman–Crippen MR) is 95.3 cm³/mol. The lowest BCUT2D eigenvalue weighted by Gasteiger charge is -2.31. The van der Waals surface area contributed by atoms with E-state index in [1.54, 1.807) is 18.4 Å². The van der Waals surface area contributed by atoms with Crippen LogP contribution in [-0.2, 0) is 0 Å². The smallest absolute Gasteiger partial charge is 0.227 e. The van der Waals surface area contributed by atoms with Crippen LogP contribution in [0.25, 0.3) is 10.2 Å². The molecule has 2 aromatic heterocycles. The molecule has 0 aliphatic carbocycles. The van der Waals surface area contributed by atoms with Gasteiger partial charge in [0.15, 0.2) is 5.82 Å². The Morgan fingerprint density at radius 3 is 2.57 bits per heavy atom. The average molecular weight is 326 g/mol. The summed E-state index contributed by atoms with van der Waals surface area (Å²) < 4.78 is 6.35. The van der Waals surface area contributed by atoms with Gasteiger partial charge < -0.3 is 14.5 Å². The van der Waals surface area contributed by atoms with Crippen LogP contribution in [0.2, 0.25) is 0 Å². The standard InChI is InChI=1S/C17H18N4OS/c1-20(12-4-6-13(22-2)7-5-12)16-15-14(8-11-23-15)18-17(19-16)21-9-3-10-21/h4-8,11H,3,9-10H2,1-2H3. The van der Waals surface area contributed by atoms with Gasteiger partial charge in [-0.15, -0.1) is 11.3 Å². The van der Waals surface area contributed by atoms with Gasteiger partial charge in [0.2, 0.25) is 5.95 Å². The second-order valence-corrected chi connectivity index (χ2v) is 6.50. The highest BCUT2D eigenvalue weighted by Gasteiger charge is 2.21. The van der Waals surface area contributed by atoms with E-state index < -0.39 is 0 Å². The molecule has 0 radical (unpaired) electrons. The Morgan fingerprint density at radius 2 is 1.91 bits per heavy atom. The van der Waals surface area contributed by atoms with E-state index in [9.17, 15) is 0 Å². The summed E-state index contributed by atoms with van der Waals surface area (Å²) in [5.41, 5.74) is 2.09. The minimum absolute atomic E-state index is 0.831. The number of benzene rings is 1. The van der Waals surface area contributed by atoms with Crippen LogP contribution in [0.1, 0.15) is 6.42 Å². The summed E-state index contributed by atoms with van der Waals surface area (Å²) in [4.78, 5) is 13.9. The maximum atomic E-state index is 5.24. The summed E-state index contributed by atoms with van der Waals surface area (Å²) >= 11 is 1.68. The molecule has 1 fully saturated rings. The number of fused-ring (bicyclic) bond motifs is 1. The van der Waals surface area contributed by atoms with Crippen LogP contribution in [-0.4, -0.2) is 37.2 Å².